The molecule has 0 N–H and O–H groups in total. The first kappa shape index (κ1) is 15.3. The molecule has 0 aromatic rings. The third-order valence-electron chi connectivity index (χ3n) is 4.63. The van der Waals surface area contributed by atoms with Crippen molar-refractivity contribution in [2.24, 2.45) is 5.92 Å². The van der Waals surface area contributed by atoms with Crippen molar-refractivity contribution in [3.8, 4) is 0 Å². The number of amides is 2. The van der Waals surface area contributed by atoms with Crippen LogP contribution in [0.5, 0.6) is 0 Å². The second-order valence-electron chi connectivity index (χ2n) is 6.25. The number of likely N-dealkylation sites (tertiary alicyclic amines) is 1. The zero-order valence-corrected chi connectivity index (χ0v) is 13.0. The van der Waals surface area contributed by atoms with E-state index in [1.54, 1.807) is 6.92 Å². The molecule has 0 spiro atoms. The Labute approximate surface area is 121 Å². The average Bonchev–Trinajstić information content (AvgIpc) is 2.46. The quantitative estimate of drug-likeness (QED) is 0.752. The van der Waals surface area contributed by atoms with Crippen molar-refractivity contribution < 1.29 is 9.59 Å². The lowest BCUT2D eigenvalue weighted by Gasteiger charge is -2.40. The monoisotopic (exact) mass is 281 g/mol. The number of rotatable bonds is 2. The van der Waals surface area contributed by atoms with Crippen LogP contribution in [0.4, 0.5) is 0 Å². The lowest BCUT2D eigenvalue weighted by Crippen LogP contribution is -2.55. The van der Waals surface area contributed by atoms with Crippen LogP contribution >= 0.6 is 0 Å². The fourth-order valence-corrected chi connectivity index (χ4v) is 3.24. The molecule has 0 saturated carbocycles. The fourth-order valence-electron chi connectivity index (χ4n) is 3.24. The molecular formula is C15H27N3O2. The highest BCUT2D eigenvalue weighted by Gasteiger charge is 2.30. The maximum absolute atomic E-state index is 12.6. The van der Waals surface area contributed by atoms with Gasteiger partial charge in [0.05, 0.1) is 6.04 Å². The number of hydrogen-bond donors (Lipinski definition) is 0. The van der Waals surface area contributed by atoms with Crippen LogP contribution < -0.4 is 0 Å². The SMILES string of the molecule is CC(=O)N1CCN(C(=O)C(C)N2CCCC(C)C2)CC1. The molecule has 5 heteroatoms. The van der Waals surface area contributed by atoms with Crippen molar-refractivity contribution in [2.45, 2.75) is 39.7 Å². The van der Waals surface area contributed by atoms with Crippen molar-refractivity contribution >= 4 is 11.8 Å². The Hall–Kier alpha value is -1.10. The second-order valence-corrected chi connectivity index (χ2v) is 6.25. The van der Waals surface area contributed by atoms with Gasteiger partial charge >= 0.3 is 0 Å². The first-order valence-corrected chi connectivity index (χ1v) is 7.77. The Morgan fingerprint density at radius 1 is 1.05 bits per heavy atom. The molecule has 2 atom stereocenters. The molecule has 0 bridgehead atoms. The molecule has 0 aliphatic carbocycles. The van der Waals surface area contributed by atoms with Crippen LogP contribution in [0, 0.1) is 5.92 Å². The van der Waals surface area contributed by atoms with E-state index in [0.29, 0.717) is 32.1 Å². The zero-order valence-electron chi connectivity index (χ0n) is 13.0. The summed E-state index contributed by atoms with van der Waals surface area (Å²) in [7, 11) is 0. The summed E-state index contributed by atoms with van der Waals surface area (Å²) in [5.74, 6) is 1.02. The Bertz CT molecular complexity index is 364. The van der Waals surface area contributed by atoms with E-state index in [1.165, 1.54) is 12.8 Å². The minimum atomic E-state index is -0.0263. The highest BCUT2D eigenvalue weighted by atomic mass is 16.2. The van der Waals surface area contributed by atoms with Crippen LogP contribution in [0.1, 0.15) is 33.6 Å². The van der Waals surface area contributed by atoms with Gasteiger partial charge in [-0.1, -0.05) is 6.92 Å². The molecule has 2 heterocycles. The van der Waals surface area contributed by atoms with Gasteiger partial charge in [0.25, 0.3) is 0 Å². The van der Waals surface area contributed by atoms with E-state index in [0.717, 1.165) is 13.1 Å². The molecular weight excluding hydrogens is 254 g/mol. The number of carbonyl (C=O) groups is 2. The van der Waals surface area contributed by atoms with E-state index in [9.17, 15) is 9.59 Å². The third kappa shape index (κ3) is 3.51. The Morgan fingerprint density at radius 3 is 2.20 bits per heavy atom. The molecule has 20 heavy (non-hydrogen) atoms. The van der Waals surface area contributed by atoms with E-state index >= 15 is 0 Å². The summed E-state index contributed by atoms with van der Waals surface area (Å²) in [6.07, 6.45) is 2.46. The van der Waals surface area contributed by atoms with Crippen LogP contribution in [0.3, 0.4) is 0 Å². The normalized spacial score (nSPS) is 26.4. The highest BCUT2D eigenvalue weighted by Crippen LogP contribution is 2.19. The molecule has 5 nitrogen and oxygen atoms in total. The highest BCUT2D eigenvalue weighted by molar-refractivity contribution is 5.82. The number of piperidine rings is 1. The minimum absolute atomic E-state index is 0.0263. The number of carbonyl (C=O) groups excluding carboxylic acids is 2. The average molecular weight is 281 g/mol. The zero-order chi connectivity index (χ0) is 14.7. The summed E-state index contributed by atoms with van der Waals surface area (Å²) in [5.41, 5.74) is 0. The van der Waals surface area contributed by atoms with Gasteiger partial charge in [0.1, 0.15) is 0 Å². The smallest absolute Gasteiger partial charge is 0.239 e. The molecule has 2 aliphatic heterocycles. The molecule has 0 aromatic heterocycles. The Kier molecular flexibility index (Phi) is 5.02. The van der Waals surface area contributed by atoms with Gasteiger partial charge in [-0.05, 0) is 32.2 Å². The summed E-state index contributed by atoms with van der Waals surface area (Å²) >= 11 is 0. The molecule has 2 fully saturated rings. The second kappa shape index (κ2) is 6.57. The van der Waals surface area contributed by atoms with E-state index in [2.05, 4.69) is 11.8 Å². The maximum atomic E-state index is 12.6. The largest absolute Gasteiger partial charge is 0.339 e. The molecule has 114 valence electrons. The van der Waals surface area contributed by atoms with E-state index < -0.39 is 0 Å². The standard InChI is InChI=1S/C15H27N3O2/c1-12-5-4-6-18(11-12)13(2)15(20)17-9-7-16(8-10-17)14(3)19/h12-13H,4-11H2,1-3H3. The predicted molar refractivity (Wildman–Crippen MR) is 78.3 cm³/mol. The topological polar surface area (TPSA) is 43.9 Å². The van der Waals surface area contributed by atoms with Crippen molar-refractivity contribution in [3.05, 3.63) is 0 Å². The number of piperazine rings is 1. The molecule has 2 unspecified atom stereocenters. The van der Waals surface area contributed by atoms with Crippen LogP contribution in [0.2, 0.25) is 0 Å². The lowest BCUT2D eigenvalue weighted by molar-refractivity contribution is -0.142. The fraction of sp³-hybridized carbons (Fsp3) is 0.867. The van der Waals surface area contributed by atoms with E-state index in [1.807, 2.05) is 16.7 Å². The van der Waals surface area contributed by atoms with Crippen molar-refractivity contribution in [1.82, 2.24) is 14.7 Å². The summed E-state index contributed by atoms with van der Waals surface area (Å²) in [6.45, 7) is 10.6. The number of hydrogen-bond acceptors (Lipinski definition) is 3. The summed E-state index contributed by atoms with van der Waals surface area (Å²) < 4.78 is 0. The Morgan fingerprint density at radius 2 is 1.65 bits per heavy atom. The van der Waals surface area contributed by atoms with Gasteiger partial charge in [0.15, 0.2) is 0 Å². The first-order valence-electron chi connectivity index (χ1n) is 7.77. The summed E-state index contributed by atoms with van der Waals surface area (Å²) in [4.78, 5) is 29.9. The van der Waals surface area contributed by atoms with Crippen molar-refractivity contribution in [1.29, 1.82) is 0 Å². The molecule has 0 aromatic carbocycles. The van der Waals surface area contributed by atoms with Crippen molar-refractivity contribution in [2.75, 3.05) is 39.3 Å². The van der Waals surface area contributed by atoms with Crippen LogP contribution in [0.15, 0.2) is 0 Å². The van der Waals surface area contributed by atoms with Gasteiger partial charge in [-0.25, -0.2) is 0 Å². The van der Waals surface area contributed by atoms with Crippen LogP contribution in [-0.2, 0) is 9.59 Å². The van der Waals surface area contributed by atoms with Crippen LogP contribution in [-0.4, -0.2) is 71.8 Å². The molecule has 2 amide bonds. The van der Waals surface area contributed by atoms with Gasteiger partial charge in [-0.3, -0.25) is 14.5 Å². The van der Waals surface area contributed by atoms with Gasteiger partial charge in [0.2, 0.25) is 11.8 Å². The third-order valence-corrected chi connectivity index (χ3v) is 4.63. The van der Waals surface area contributed by atoms with Crippen LogP contribution in [0.25, 0.3) is 0 Å². The number of nitrogens with zero attached hydrogens (tertiary/aromatic N) is 3. The summed E-state index contributed by atoms with van der Waals surface area (Å²) in [5, 5.41) is 0. The molecule has 0 radical (unpaired) electrons. The molecule has 2 saturated heterocycles. The molecule has 2 aliphatic rings. The van der Waals surface area contributed by atoms with E-state index in [4.69, 9.17) is 0 Å². The minimum Gasteiger partial charge on any atom is -0.339 e. The predicted octanol–water partition coefficient (Wildman–Crippen LogP) is 0.798. The van der Waals surface area contributed by atoms with Crippen molar-refractivity contribution in [3.63, 3.8) is 0 Å². The van der Waals surface area contributed by atoms with Gasteiger partial charge in [0, 0.05) is 39.6 Å². The van der Waals surface area contributed by atoms with Gasteiger partial charge < -0.3 is 9.80 Å². The lowest BCUT2D eigenvalue weighted by atomic mass is 9.98. The van der Waals surface area contributed by atoms with E-state index in [-0.39, 0.29) is 17.9 Å². The molecule has 2 rings (SSSR count). The van der Waals surface area contributed by atoms with Gasteiger partial charge in [-0.2, -0.15) is 0 Å². The maximum Gasteiger partial charge on any atom is 0.239 e. The Balaban J connectivity index is 1.86. The summed E-state index contributed by atoms with van der Waals surface area (Å²) in [6, 6.07) is -0.0263. The first-order chi connectivity index (χ1) is 9.49. The van der Waals surface area contributed by atoms with Gasteiger partial charge in [-0.15, -0.1) is 0 Å².